The maximum atomic E-state index is 11.1. The lowest BCUT2D eigenvalue weighted by molar-refractivity contribution is -0.385. The molecule has 4 heteroatoms. The predicted octanol–water partition coefficient (Wildman–Crippen LogP) is 4.51. The fourth-order valence-corrected chi connectivity index (χ4v) is 4.90. The van der Waals surface area contributed by atoms with Crippen LogP contribution in [0.4, 0.5) is 5.69 Å². The molecule has 2 bridgehead atoms. The summed E-state index contributed by atoms with van der Waals surface area (Å²) >= 11 is 0. The number of nitro groups is 1. The Balaban J connectivity index is 1.69. The molecule has 1 aromatic rings. The molecule has 4 nitrogen and oxygen atoms in total. The van der Waals surface area contributed by atoms with Crippen molar-refractivity contribution in [1.29, 1.82) is 0 Å². The minimum atomic E-state index is -0.313. The van der Waals surface area contributed by atoms with Gasteiger partial charge >= 0.3 is 0 Å². The van der Waals surface area contributed by atoms with E-state index in [2.05, 4.69) is 31.7 Å². The van der Waals surface area contributed by atoms with Crippen LogP contribution in [0.5, 0.6) is 0 Å². The summed E-state index contributed by atoms with van der Waals surface area (Å²) in [5, 5.41) is 11.1. The number of likely N-dealkylation sites (tertiary alicyclic amines) is 1. The summed E-state index contributed by atoms with van der Waals surface area (Å²) in [6.45, 7) is 9.19. The van der Waals surface area contributed by atoms with Crippen LogP contribution in [0.15, 0.2) is 30.3 Å². The van der Waals surface area contributed by atoms with E-state index in [1.807, 2.05) is 12.1 Å². The first-order valence-corrected chi connectivity index (χ1v) is 8.42. The topological polar surface area (TPSA) is 46.4 Å². The van der Waals surface area contributed by atoms with Crippen LogP contribution in [-0.4, -0.2) is 29.0 Å². The van der Waals surface area contributed by atoms with Crippen LogP contribution in [0.3, 0.4) is 0 Å². The molecule has 1 aliphatic heterocycles. The highest BCUT2D eigenvalue weighted by Gasteiger charge is 2.48. The van der Waals surface area contributed by atoms with Crippen LogP contribution in [-0.2, 0) is 0 Å². The summed E-state index contributed by atoms with van der Waals surface area (Å²) in [6, 6.07) is 7.58. The Hall–Kier alpha value is -1.68. The number of hydrogen-bond acceptors (Lipinski definition) is 3. The maximum absolute atomic E-state index is 11.1. The molecule has 1 saturated carbocycles. The Labute approximate surface area is 138 Å². The monoisotopic (exact) mass is 314 g/mol. The van der Waals surface area contributed by atoms with Crippen molar-refractivity contribution >= 4 is 11.8 Å². The molecule has 0 spiro atoms. The number of nitrogens with zero attached hydrogens (tertiary/aromatic N) is 2. The normalized spacial score (nSPS) is 30.0. The zero-order valence-corrected chi connectivity index (χ0v) is 14.3. The lowest BCUT2D eigenvalue weighted by Crippen LogP contribution is -2.34. The van der Waals surface area contributed by atoms with Crippen molar-refractivity contribution in [3.63, 3.8) is 0 Å². The first-order valence-electron chi connectivity index (χ1n) is 8.42. The highest BCUT2D eigenvalue weighted by molar-refractivity contribution is 5.60. The van der Waals surface area contributed by atoms with E-state index in [1.165, 1.54) is 19.3 Å². The second-order valence-electron chi connectivity index (χ2n) is 8.36. The fourth-order valence-electron chi connectivity index (χ4n) is 4.90. The summed E-state index contributed by atoms with van der Waals surface area (Å²) in [7, 11) is 0. The van der Waals surface area contributed by atoms with Gasteiger partial charge in [0.1, 0.15) is 0 Å². The van der Waals surface area contributed by atoms with Crippen molar-refractivity contribution in [3.05, 3.63) is 46.0 Å². The van der Waals surface area contributed by atoms with Gasteiger partial charge in [-0.25, -0.2) is 0 Å². The molecule has 1 aliphatic carbocycles. The lowest BCUT2D eigenvalue weighted by atomic mass is 9.65. The number of fused-ring (bicyclic) bond motifs is 2. The third kappa shape index (κ3) is 3.47. The van der Waals surface area contributed by atoms with Crippen molar-refractivity contribution in [3.8, 4) is 0 Å². The van der Waals surface area contributed by atoms with Crippen LogP contribution in [0.25, 0.3) is 6.08 Å². The van der Waals surface area contributed by atoms with Gasteiger partial charge in [-0.1, -0.05) is 45.1 Å². The molecule has 0 unspecified atom stereocenters. The fraction of sp³-hybridized carbons (Fsp3) is 0.579. The van der Waals surface area contributed by atoms with Crippen LogP contribution in [0.1, 0.15) is 45.6 Å². The summed E-state index contributed by atoms with van der Waals surface area (Å²) in [6.07, 6.45) is 7.81. The first kappa shape index (κ1) is 16.2. The molecule has 23 heavy (non-hydrogen) atoms. The number of para-hydroxylation sites is 1. The second-order valence-corrected chi connectivity index (χ2v) is 8.36. The Kier molecular flexibility index (Phi) is 4.05. The SMILES string of the molecule is CC1(C)C[C@@H]2C[C@](C)(CN2C/C=C/c2ccccc2[N+](=O)[O-])C1. The first-order chi connectivity index (χ1) is 10.8. The van der Waals surface area contributed by atoms with Gasteiger partial charge in [0, 0.05) is 25.2 Å². The highest BCUT2D eigenvalue weighted by Crippen LogP contribution is 2.52. The molecule has 2 atom stereocenters. The molecule has 124 valence electrons. The van der Waals surface area contributed by atoms with E-state index >= 15 is 0 Å². The summed E-state index contributed by atoms with van der Waals surface area (Å²) < 4.78 is 0. The van der Waals surface area contributed by atoms with Gasteiger partial charge in [-0.15, -0.1) is 0 Å². The van der Waals surface area contributed by atoms with Crippen LogP contribution in [0.2, 0.25) is 0 Å². The van der Waals surface area contributed by atoms with E-state index in [9.17, 15) is 10.1 Å². The van der Waals surface area contributed by atoms with Gasteiger partial charge in [-0.05, 0) is 36.2 Å². The molecular formula is C19H26N2O2. The number of nitro benzene ring substituents is 1. The van der Waals surface area contributed by atoms with Gasteiger partial charge in [-0.2, -0.15) is 0 Å². The van der Waals surface area contributed by atoms with E-state index in [-0.39, 0.29) is 10.6 Å². The standard InChI is InChI=1S/C19H26N2O2/c1-18(2)11-16-12-19(3,13-18)14-20(16)10-6-8-15-7-4-5-9-17(15)21(22)23/h4-9,16H,10-14H2,1-3H3/b8-6+/t16-,19+/m1/s1. The second kappa shape index (κ2) is 5.75. The van der Waals surface area contributed by atoms with Crippen molar-refractivity contribution in [2.45, 2.75) is 46.1 Å². The van der Waals surface area contributed by atoms with Gasteiger partial charge in [0.2, 0.25) is 0 Å². The number of rotatable bonds is 4. The Morgan fingerprint density at radius 3 is 2.78 bits per heavy atom. The van der Waals surface area contributed by atoms with Crippen molar-refractivity contribution in [1.82, 2.24) is 4.90 Å². The van der Waals surface area contributed by atoms with Gasteiger partial charge in [0.15, 0.2) is 0 Å². The average Bonchev–Trinajstić information content (AvgIpc) is 2.68. The summed E-state index contributed by atoms with van der Waals surface area (Å²) in [5.41, 5.74) is 1.72. The largest absolute Gasteiger partial charge is 0.296 e. The highest BCUT2D eigenvalue weighted by atomic mass is 16.6. The molecular weight excluding hydrogens is 288 g/mol. The molecule has 0 amide bonds. The molecule has 3 rings (SSSR count). The van der Waals surface area contributed by atoms with Crippen molar-refractivity contribution in [2.24, 2.45) is 10.8 Å². The third-order valence-electron chi connectivity index (χ3n) is 5.29. The molecule has 0 aromatic heterocycles. The van der Waals surface area contributed by atoms with Crippen molar-refractivity contribution < 1.29 is 4.92 Å². The van der Waals surface area contributed by atoms with Crippen LogP contribution >= 0.6 is 0 Å². The number of hydrogen-bond donors (Lipinski definition) is 0. The molecule has 2 fully saturated rings. The maximum Gasteiger partial charge on any atom is 0.276 e. The van der Waals surface area contributed by atoms with E-state index < -0.39 is 0 Å². The van der Waals surface area contributed by atoms with E-state index in [0.29, 0.717) is 22.4 Å². The van der Waals surface area contributed by atoms with Gasteiger partial charge in [-0.3, -0.25) is 15.0 Å². The molecule has 1 saturated heterocycles. The molecule has 1 aromatic carbocycles. The average molecular weight is 314 g/mol. The number of benzene rings is 1. The van der Waals surface area contributed by atoms with E-state index in [0.717, 1.165) is 13.1 Å². The zero-order valence-electron chi connectivity index (χ0n) is 14.3. The van der Waals surface area contributed by atoms with Gasteiger partial charge in [0.05, 0.1) is 10.5 Å². The zero-order chi connectivity index (χ0) is 16.7. The Morgan fingerprint density at radius 2 is 2.04 bits per heavy atom. The third-order valence-corrected chi connectivity index (χ3v) is 5.29. The predicted molar refractivity (Wildman–Crippen MR) is 93.2 cm³/mol. The molecule has 2 aliphatic rings. The minimum absolute atomic E-state index is 0.178. The smallest absolute Gasteiger partial charge is 0.276 e. The molecule has 1 heterocycles. The lowest BCUT2D eigenvalue weighted by Gasteiger charge is -2.39. The summed E-state index contributed by atoms with van der Waals surface area (Å²) in [4.78, 5) is 13.3. The minimum Gasteiger partial charge on any atom is -0.296 e. The summed E-state index contributed by atoms with van der Waals surface area (Å²) in [5.74, 6) is 0. The Morgan fingerprint density at radius 1 is 1.30 bits per heavy atom. The van der Waals surface area contributed by atoms with E-state index in [1.54, 1.807) is 18.2 Å². The van der Waals surface area contributed by atoms with Crippen LogP contribution in [0, 0.1) is 20.9 Å². The van der Waals surface area contributed by atoms with E-state index in [4.69, 9.17) is 0 Å². The van der Waals surface area contributed by atoms with Crippen LogP contribution < -0.4 is 0 Å². The molecule has 0 radical (unpaired) electrons. The molecule has 0 N–H and O–H groups in total. The van der Waals surface area contributed by atoms with Gasteiger partial charge < -0.3 is 0 Å². The Bertz CT molecular complexity index is 638. The van der Waals surface area contributed by atoms with Gasteiger partial charge in [0.25, 0.3) is 5.69 Å². The van der Waals surface area contributed by atoms with Crippen molar-refractivity contribution in [2.75, 3.05) is 13.1 Å². The quantitative estimate of drug-likeness (QED) is 0.607.